The monoisotopic (exact) mass is 326 g/mol. The first-order valence-corrected chi connectivity index (χ1v) is 7.98. The third kappa shape index (κ3) is 2.37. The Morgan fingerprint density at radius 2 is 2.21 bits per heavy atom. The smallest absolute Gasteiger partial charge is 0.276 e. The lowest BCUT2D eigenvalue weighted by Gasteiger charge is -2.23. The van der Waals surface area contributed by atoms with E-state index in [0.29, 0.717) is 17.7 Å². The number of carbonyl (C=O) groups is 1. The molecule has 0 radical (unpaired) electrons. The summed E-state index contributed by atoms with van der Waals surface area (Å²) in [7, 11) is 1.72. The van der Waals surface area contributed by atoms with Crippen molar-refractivity contribution in [1.82, 2.24) is 19.3 Å². The lowest BCUT2D eigenvalue weighted by molar-refractivity contribution is 0.0624. The van der Waals surface area contributed by atoms with Gasteiger partial charge >= 0.3 is 0 Å². The molecule has 0 spiro atoms. The number of benzene rings is 1. The Morgan fingerprint density at radius 3 is 3.00 bits per heavy atom. The molecule has 1 aliphatic heterocycles. The van der Waals surface area contributed by atoms with E-state index in [1.165, 1.54) is 6.20 Å². The summed E-state index contributed by atoms with van der Waals surface area (Å²) in [5.74, 6) is -0.130. The summed E-state index contributed by atoms with van der Waals surface area (Å²) >= 11 is 0. The maximum Gasteiger partial charge on any atom is 0.276 e. The topological polar surface area (TPSA) is 77.6 Å². The third-order valence-electron chi connectivity index (χ3n) is 4.52. The number of nitrogens with one attached hydrogen (secondary N) is 1. The van der Waals surface area contributed by atoms with Crippen LogP contribution in [0.1, 0.15) is 23.2 Å². The molecule has 4 rings (SSSR count). The summed E-state index contributed by atoms with van der Waals surface area (Å²) in [6, 6.07) is 5.38. The number of carbonyl (C=O) groups excluding carboxylic acids is 1. The Labute approximate surface area is 137 Å². The van der Waals surface area contributed by atoms with E-state index in [4.69, 9.17) is 4.74 Å². The highest BCUT2D eigenvalue weighted by molar-refractivity contribution is 5.97. The molecular weight excluding hydrogens is 308 g/mol. The van der Waals surface area contributed by atoms with E-state index in [9.17, 15) is 9.59 Å². The van der Waals surface area contributed by atoms with Gasteiger partial charge in [0.2, 0.25) is 0 Å². The van der Waals surface area contributed by atoms with Crippen molar-refractivity contribution in [2.75, 3.05) is 13.2 Å². The lowest BCUT2D eigenvalue weighted by Crippen LogP contribution is -2.40. The van der Waals surface area contributed by atoms with E-state index >= 15 is 0 Å². The van der Waals surface area contributed by atoms with Gasteiger partial charge in [-0.3, -0.25) is 14.0 Å². The second kappa shape index (κ2) is 5.76. The van der Waals surface area contributed by atoms with Crippen molar-refractivity contribution >= 4 is 22.5 Å². The fraction of sp³-hybridized carbons (Fsp3) is 0.353. The van der Waals surface area contributed by atoms with Crippen molar-refractivity contribution in [1.29, 1.82) is 0 Å². The van der Waals surface area contributed by atoms with Crippen molar-refractivity contribution in [2.24, 2.45) is 7.05 Å². The molecule has 0 unspecified atom stereocenters. The highest BCUT2D eigenvalue weighted by Crippen LogP contribution is 2.16. The molecule has 1 aromatic carbocycles. The molecule has 1 fully saturated rings. The van der Waals surface area contributed by atoms with Gasteiger partial charge in [0.05, 0.1) is 36.2 Å². The van der Waals surface area contributed by atoms with Crippen molar-refractivity contribution in [3.05, 3.63) is 46.6 Å². The van der Waals surface area contributed by atoms with E-state index in [1.54, 1.807) is 40.5 Å². The summed E-state index contributed by atoms with van der Waals surface area (Å²) in [6.07, 6.45) is 5.02. The van der Waals surface area contributed by atoms with E-state index in [2.05, 4.69) is 10.3 Å². The number of aryl methyl sites for hydroxylation is 1. The van der Waals surface area contributed by atoms with Crippen LogP contribution in [0, 0.1) is 0 Å². The first-order chi connectivity index (χ1) is 11.6. The molecule has 7 heteroatoms. The molecular formula is C17H18N4O3. The lowest BCUT2D eigenvalue weighted by atomic mass is 10.1. The van der Waals surface area contributed by atoms with Gasteiger partial charge in [0.25, 0.3) is 11.5 Å². The second-order valence-corrected chi connectivity index (χ2v) is 6.10. The quantitative estimate of drug-likeness (QED) is 0.765. The minimum atomic E-state index is -0.130. The van der Waals surface area contributed by atoms with Crippen LogP contribution in [0.2, 0.25) is 0 Å². The van der Waals surface area contributed by atoms with E-state index in [-0.39, 0.29) is 17.5 Å². The number of ether oxygens (including phenoxy) is 1. The van der Waals surface area contributed by atoms with Crippen LogP contribution >= 0.6 is 0 Å². The third-order valence-corrected chi connectivity index (χ3v) is 4.52. The Morgan fingerprint density at radius 1 is 1.33 bits per heavy atom. The molecule has 3 heterocycles. The molecule has 0 saturated carbocycles. The Kier molecular flexibility index (Phi) is 3.57. The molecule has 1 atom stereocenters. The number of nitrogens with zero attached hydrogens (tertiary/aromatic N) is 3. The second-order valence-electron chi connectivity index (χ2n) is 6.10. The van der Waals surface area contributed by atoms with Crippen LogP contribution in [-0.4, -0.2) is 39.1 Å². The fourth-order valence-electron chi connectivity index (χ4n) is 3.19. The molecule has 2 aromatic heterocycles. The minimum Gasteiger partial charge on any atom is -0.379 e. The van der Waals surface area contributed by atoms with Crippen LogP contribution < -0.4 is 10.9 Å². The van der Waals surface area contributed by atoms with Crippen molar-refractivity contribution in [3.8, 4) is 0 Å². The van der Waals surface area contributed by atoms with Gasteiger partial charge in [-0.15, -0.1) is 0 Å². The highest BCUT2D eigenvalue weighted by Gasteiger charge is 2.18. The largest absolute Gasteiger partial charge is 0.379 e. The van der Waals surface area contributed by atoms with Gasteiger partial charge in [0.15, 0.2) is 0 Å². The van der Waals surface area contributed by atoms with E-state index < -0.39 is 0 Å². The number of amides is 1. The first kappa shape index (κ1) is 14.9. The van der Waals surface area contributed by atoms with Gasteiger partial charge < -0.3 is 14.6 Å². The highest BCUT2D eigenvalue weighted by atomic mass is 16.5. The maximum atomic E-state index is 12.5. The van der Waals surface area contributed by atoms with E-state index in [1.807, 2.05) is 0 Å². The molecule has 24 heavy (non-hydrogen) atoms. The number of fused-ring (bicyclic) bond motifs is 3. The molecule has 0 bridgehead atoms. The molecule has 1 N–H and O–H groups in total. The SMILES string of the molecule is Cn1c(=O)c2cncn2c2cc(C(=O)N[C@@H]3CCCOC3)ccc21. The van der Waals surface area contributed by atoms with Gasteiger partial charge in [-0.05, 0) is 31.0 Å². The normalized spacial score (nSPS) is 18.1. The van der Waals surface area contributed by atoms with Crippen molar-refractivity contribution < 1.29 is 9.53 Å². The predicted octanol–water partition coefficient (Wildman–Crippen LogP) is 1.09. The molecule has 1 saturated heterocycles. The standard InChI is InChI=1S/C17H18N4O3/c1-20-13-5-4-11(16(22)19-12-3-2-6-24-9-12)7-14(13)21-10-18-8-15(21)17(20)23/h4-5,7-8,10,12H,2-3,6,9H2,1H3,(H,19,22)/t12-/m1/s1. The van der Waals surface area contributed by atoms with Gasteiger partial charge in [-0.1, -0.05) is 0 Å². The van der Waals surface area contributed by atoms with Crippen LogP contribution in [0.5, 0.6) is 0 Å². The average Bonchev–Trinajstić information content (AvgIpc) is 3.10. The molecule has 0 aliphatic carbocycles. The van der Waals surface area contributed by atoms with Crippen molar-refractivity contribution in [2.45, 2.75) is 18.9 Å². The van der Waals surface area contributed by atoms with Crippen LogP contribution in [0.4, 0.5) is 0 Å². The molecule has 1 amide bonds. The zero-order chi connectivity index (χ0) is 16.7. The van der Waals surface area contributed by atoms with Gasteiger partial charge in [0.1, 0.15) is 5.52 Å². The van der Waals surface area contributed by atoms with Gasteiger partial charge in [0, 0.05) is 19.2 Å². The summed E-state index contributed by atoms with van der Waals surface area (Å²) in [6.45, 7) is 1.31. The number of imidazole rings is 1. The number of rotatable bonds is 2. The van der Waals surface area contributed by atoms with Crippen LogP contribution in [0.25, 0.3) is 16.6 Å². The Bertz CT molecular complexity index is 983. The molecule has 3 aromatic rings. The summed E-state index contributed by atoms with van der Waals surface area (Å²) < 4.78 is 8.69. The first-order valence-electron chi connectivity index (χ1n) is 7.98. The molecule has 7 nitrogen and oxygen atoms in total. The summed E-state index contributed by atoms with van der Waals surface area (Å²) in [5.41, 5.74) is 2.46. The zero-order valence-electron chi connectivity index (χ0n) is 13.4. The molecule has 1 aliphatic rings. The van der Waals surface area contributed by atoms with Crippen LogP contribution in [0.15, 0.2) is 35.5 Å². The summed E-state index contributed by atoms with van der Waals surface area (Å²) in [5, 5.41) is 3.01. The molecule has 124 valence electrons. The minimum absolute atomic E-state index is 0.0512. The number of aromatic nitrogens is 3. The maximum absolute atomic E-state index is 12.5. The zero-order valence-corrected chi connectivity index (χ0v) is 13.4. The summed E-state index contributed by atoms with van der Waals surface area (Å²) in [4.78, 5) is 28.9. The van der Waals surface area contributed by atoms with Gasteiger partial charge in [-0.25, -0.2) is 4.98 Å². The number of hydrogen-bond acceptors (Lipinski definition) is 4. The Balaban J connectivity index is 1.76. The average molecular weight is 326 g/mol. The van der Waals surface area contributed by atoms with Crippen LogP contribution in [-0.2, 0) is 11.8 Å². The number of hydrogen-bond donors (Lipinski definition) is 1. The fourth-order valence-corrected chi connectivity index (χ4v) is 3.19. The van der Waals surface area contributed by atoms with Crippen molar-refractivity contribution in [3.63, 3.8) is 0 Å². The van der Waals surface area contributed by atoms with Crippen LogP contribution in [0.3, 0.4) is 0 Å². The predicted molar refractivity (Wildman–Crippen MR) is 89.2 cm³/mol. The van der Waals surface area contributed by atoms with E-state index in [0.717, 1.165) is 30.5 Å². The van der Waals surface area contributed by atoms with Gasteiger partial charge in [-0.2, -0.15) is 0 Å². The Hall–Kier alpha value is -2.67.